The number of imide groups is 1. The van der Waals surface area contributed by atoms with Gasteiger partial charge in [-0.1, -0.05) is 11.6 Å². The summed E-state index contributed by atoms with van der Waals surface area (Å²) in [5, 5.41) is 21.8. The van der Waals surface area contributed by atoms with Crippen molar-refractivity contribution in [2.75, 3.05) is 5.32 Å². The number of hydrogen-bond acceptors (Lipinski definition) is 4. The summed E-state index contributed by atoms with van der Waals surface area (Å²) in [5.74, 6) is -1.87. The number of carboxylic acid groups (broad SMARTS) is 1. The van der Waals surface area contributed by atoms with Crippen molar-refractivity contribution in [3.8, 4) is 6.07 Å². The van der Waals surface area contributed by atoms with Gasteiger partial charge in [-0.3, -0.25) is 14.9 Å². The predicted molar refractivity (Wildman–Crippen MR) is 70.2 cm³/mol. The topological polar surface area (TPSA) is 119 Å². The van der Waals surface area contributed by atoms with Crippen molar-refractivity contribution in [3.63, 3.8) is 0 Å². The van der Waals surface area contributed by atoms with Crippen LogP contribution in [-0.4, -0.2) is 23.0 Å². The lowest BCUT2D eigenvalue weighted by atomic mass is 10.2. The number of halogens is 1. The Labute approximate surface area is 119 Å². The molecule has 1 rings (SSSR count). The summed E-state index contributed by atoms with van der Waals surface area (Å²) >= 11 is 5.73. The maximum absolute atomic E-state index is 11.5. The van der Waals surface area contributed by atoms with Gasteiger partial charge in [0.1, 0.15) is 6.07 Å². The number of benzene rings is 1. The van der Waals surface area contributed by atoms with Crippen molar-refractivity contribution in [2.45, 2.75) is 12.8 Å². The van der Waals surface area contributed by atoms with Crippen LogP contribution < -0.4 is 10.6 Å². The highest BCUT2D eigenvalue weighted by Crippen LogP contribution is 2.20. The first-order valence-corrected chi connectivity index (χ1v) is 5.82. The summed E-state index contributed by atoms with van der Waals surface area (Å²) in [6.45, 7) is 0. The van der Waals surface area contributed by atoms with Crippen molar-refractivity contribution >= 4 is 35.2 Å². The number of hydrogen-bond donors (Lipinski definition) is 3. The lowest BCUT2D eigenvalue weighted by Crippen LogP contribution is -2.34. The molecule has 0 aliphatic carbocycles. The highest BCUT2D eigenvalue weighted by Gasteiger charge is 2.11. The fourth-order valence-electron chi connectivity index (χ4n) is 1.28. The van der Waals surface area contributed by atoms with E-state index in [4.69, 9.17) is 22.0 Å². The molecule has 104 valence electrons. The third-order valence-electron chi connectivity index (χ3n) is 2.17. The van der Waals surface area contributed by atoms with Gasteiger partial charge in [-0.15, -0.1) is 0 Å². The molecule has 0 aliphatic heterocycles. The molecule has 0 spiro atoms. The predicted octanol–water partition coefficient (Wildman–Crippen LogP) is 1.72. The van der Waals surface area contributed by atoms with Crippen molar-refractivity contribution in [3.05, 3.63) is 28.8 Å². The molecule has 1 aromatic carbocycles. The number of carbonyl (C=O) groups is 3. The molecular weight excluding hydrogens is 286 g/mol. The minimum Gasteiger partial charge on any atom is -0.481 e. The van der Waals surface area contributed by atoms with Crippen LogP contribution in [0.2, 0.25) is 5.02 Å². The standard InChI is InChI=1S/C12H10ClN3O4/c13-8-2-1-7(6-14)9(5-8)15-12(20)16-10(17)3-4-11(18)19/h1-2,5H,3-4H2,(H,18,19)(H2,15,16,17,20). The number of nitriles is 1. The zero-order valence-corrected chi connectivity index (χ0v) is 10.9. The third kappa shape index (κ3) is 4.96. The lowest BCUT2D eigenvalue weighted by Gasteiger charge is -2.08. The van der Waals surface area contributed by atoms with Gasteiger partial charge in [-0.05, 0) is 18.2 Å². The van der Waals surface area contributed by atoms with E-state index in [9.17, 15) is 14.4 Å². The van der Waals surface area contributed by atoms with Crippen molar-refractivity contribution < 1.29 is 19.5 Å². The van der Waals surface area contributed by atoms with E-state index >= 15 is 0 Å². The molecule has 0 aliphatic rings. The van der Waals surface area contributed by atoms with Crippen molar-refractivity contribution in [1.82, 2.24) is 5.32 Å². The third-order valence-corrected chi connectivity index (χ3v) is 2.40. The van der Waals surface area contributed by atoms with Crippen LogP contribution in [0.3, 0.4) is 0 Å². The second-order valence-corrected chi connectivity index (χ2v) is 4.13. The number of aliphatic carboxylic acids is 1. The summed E-state index contributed by atoms with van der Waals surface area (Å²) in [6.07, 6.45) is -0.691. The molecule has 0 unspecified atom stereocenters. The van der Waals surface area contributed by atoms with Gasteiger partial charge in [0.25, 0.3) is 0 Å². The summed E-state index contributed by atoms with van der Waals surface area (Å²) < 4.78 is 0. The Hall–Kier alpha value is -2.59. The first-order chi connectivity index (χ1) is 9.42. The Morgan fingerprint density at radius 2 is 2.00 bits per heavy atom. The van der Waals surface area contributed by atoms with Crippen LogP contribution in [0.1, 0.15) is 18.4 Å². The molecule has 0 radical (unpaired) electrons. The fraction of sp³-hybridized carbons (Fsp3) is 0.167. The molecule has 0 saturated heterocycles. The monoisotopic (exact) mass is 295 g/mol. The Bertz CT molecular complexity index is 595. The Morgan fingerprint density at radius 3 is 2.60 bits per heavy atom. The lowest BCUT2D eigenvalue weighted by molar-refractivity contribution is -0.138. The molecule has 0 bridgehead atoms. The number of anilines is 1. The van der Waals surface area contributed by atoms with Gasteiger partial charge in [0, 0.05) is 11.4 Å². The van der Waals surface area contributed by atoms with E-state index in [0.29, 0.717) is 5.02 Å². The zero-order chi connectivity index (χ0) is 15.1. The average Bonchev–Trinajstić information content (AvgIpc) is 2.36. The second-order valence-electron chi connectivity index (χ2n) is 3.70. The maximum Gasteiger partial charge on any atom is 0.325 e. The molecule has 0 saturated carbocycles. The van der Waals surface area contributed by atoms with E-state index in [0.717, 1.165) is 0 Å². The number of carboxylic acids is 1. The van der Waals surface area contributed by atoms with Crippen LogP contribution in [0.25, 0.3) is 0 Å². The number of amides is 3. The molecule has 3 amide bonds. The largest absolute Gasteiger partial charge is 0.481 e. The molecule has 1 aromatic rings. The average molecular weight is 296 g/mol. The molecular formula is C12H10ClN3O4. The van der Waals surface area contributed by atoms with Gasteiger partial charge in [0.15, 0.2) is 0 Å². The smallest absolute Gasteiger partial charge is 0.325 e. The molecule has 20 heavy (non-hydrogen) atoms. The number of rotatable bonds is 4. The molecule has 7 nitrogen and oxygen atoms in total. The maximum atomic E-state index is 11.5. The van der Waals surface area contributed by atoms with E-state index in [1.54, 1.807) is 0 Å². The highest BCUT2D eigenvalue weighted by atomic mass is 35.5. The second kappa shape index (κ2) is 7.11. The molecule has 0 aromatic heterocycles. The molecule has 0 atom stereocenters. The Balaban J connectivity index is 2.63. The first kappa shape index (κ1) is 15.5. The van der Waals surface area contributed by atoms with Crippen LogP contribution in [0, 0.1) is 11.3 Å². The van der Waals surface area contributed by atoms with Gasteiger partial charge in [-0.2, -0.15) is 5.26 Å². The van der Waals surface area contributed by atoms with Gasteiger partial charge < -0.3 is 10.4 Å². The van der Waals surface area contributed by atoms with Crippen LogP contribution in [-0.2, 0) is 9.59 Å². The molecule has 3 N–H and O–H groups in total. The number of carbonyl (C=O) groups excluding carboxylic acids is 2. The van der Waals surface area contributed by atoms with Gasteiger partial charge in [0.05, 0.1) is 17.7 Å². The Kier molecular flexibility index (Phi) is 5.50. The van der Waals surface area contributed by atoms with E-state index in [2.05, 4.69) is 5.32 Å². The van der Waals surface area contributed by atoms with E-state index in [1.165, 1.54) is 18.2 Å². The molecule has 0 heterocycles. The minimum absolute atomic E-state index is 0.156. The Morgan fingerprint density at radius 1 is 1.30 bits per heavy atom. The van der Waals surface area contributed by atoms with Gasteiger partial charge in [-0.25, -0.2) is 4.79 Å². The number of nitrogens with zero attached hydrogens (tertiary/aromatic N) is 1. The molecule has 0 fully saturated rings. The summed E-state index contributed by atoms with van der Waals surface area (Å²) in [6, 6.07) is 5.27. The highest BCUT2D eigenvalue weighted by molar-refractivity contribution is 6.31. The summed E-state index contributed by atoms with van der Waals surface area (Å²) in [7, 11) is 0. The minimum atomic E-state index is -1.14. The van der Waals surface area contributed by atoms with Crippen LogP contribution in [0.5, 0.6) is 0 Å². The van der Waals surface area contributed by atoms with Crippen LogP contribution in [0.15, 0.2) is 18.2 Å². The fourth-order valence-corrected chi connectivity index (χ4v) is 1.45. The first-order valence-electron chi connectivity index (χ1n) is 5.44. The van der Waals surface area contributed by atoms with Gasteiger partial charge >= 0.3 is 12.0 Å². The van der Waals surface area contributed by atoms with Gasteiger partial charge in [0.2, 0.25) is 5.91 Å². The SMILES string of the molecule is N#Cc1ccc(Cl)cc1NC(=O)NC(=O)CCC(=O)O. The zero-order valence-electron chi connectivity index (χ0n) is 10.1. The van der Waals surface area contributed by atoms with E-state index < -0.39 is 17.9 Å². The number of nitrogens with one attached hydrogen (secondary N) is 2. The quantitative estimate of drug-likeness (QED) is 0.781. The summed E-state index contributed by atoms with van der Waals surface area (Å²) in [5.41, 5.74) is 0.339. The van der Waals surface area contributed by atoms with Crippen LogP contribution in [0.4, 0.5) is 10.5 Å². The van der Waals surface area contributed by atoms with Crippen LogP contribution >= 0.6 is 11.6 Å². The van der Waals surface area contributed by atoms with Crippen molar-refractivity contribution in [1.29, 1.82) is 5.26 Å². The normalized spacial score (nSPS) is 9.40. The summed E-state index contributed by atoms with van der Waals surface area (Å²) in [4.78, 5) is 33.0. The van der Waals surface area contributed by atoms with E-state index in [1.807, 2.05) is 11.4 Å². The van der Waals surface area contributed by atoms with E-state index in [-0.39, 0.29) is 24.1 Å². The molecule has 8 heteroatoms. The number of urea groups is 1. The van der Waals surface area contributed by atoms with Crippen molar-refractivity contribution in [2.24, 2.45) is 0 Å².